The number of nitrogens with one attached hydrogen (secondary N) is 1. The van der Waals surface area contributed by atoms with Gasteiger partial charge in [0.1, 0.15) is 6.61 Å². The first-order valence-electron chi connectivity index (χ1n) is 11.4. The number of carbonyl (C=O) groups is 1. The summed E-state index contributed by atoms with van der Waals surface area (Å²) in [6, 6.07) is 21.9. The Bertz CT molecular complexity index is 1390. The number of nitrogens with zero attached hydrogens (tertiary/aromatic N) is 2. The zero-order chi connectivity index (χ0) is 24.4. The molecule has 0 saturated carbocycles. The van der Waals surface area contributed by atoms with Gasteiger partial charge in [0, 0.05) is 17.7 Å². The zero-order valence-electron chi connectivity index (χ0n) is 19.1. The van der Waals surface area contributed by atoms with Crippen LogP contribution in [0.25, 0.3) is 11.3 Å². The topological polar surface area (TPSA) is 64.1 Å². The van der Waals surface area contributed by atoms with Gasteiger partial charge >= 0.3 is 6.09 Å². The van der Waals surface area contributed by atoms with E-state index in [4.69, 9.17) is 27.9 Å². The largest absolute Gasteiger partial charge is 0.444 e. The Labute approximate surface area is 214 Å². The van der Waals surface area contributed by atoms with Gasteiger partial charge in [-0.3, -0.25) is 5.32 Å². The van der Waals surface area contributed by atoms with Crippen LogP contribution in [0.1, 0.15) is 40.7 Å². The van der Waals surface area contributed by atoms with Crippen LogP contribution in [0.5, 0.6) is 0 Å². The summed E-state index contributed by atoms with van der Waals surface area (Å²) >= 11 is 12.4. The molecule has 1 aliphatic rings. The summed E-state index contributed by atoms with van der Waals surface area (Å²) < 4.78 is 5.36. The molecule has 35 heavy (non-hydrogen) atoms. The number of benzene rings is 3. The lowest BCUT2D eigenvalue weighted by Gasteiger charge is -2.27. The van der Waals surface area contributed by atoms with Crippen molar-refractivity contribution in [3.05, 3.63) is 111 Å². The molecule has 0 saturated heterocycles. The van der Waals surface area contributed by atoms with Gasteiger partial charge in [-0.15, -0.1) is 0 Å². The minimum absolute atomic E-state index is 0.0972. The van der Waals surface area contributed by atoms with Crippen molar-refractivity contribution >= 4 is 35.2 Å². The van der Waals surface area contributed by atoms with Crippen LogP contribution in [0.3, 0.4) is 0 Å². The molecule has 1 atom stereocenters. The SMILES string of the molecule is CCc1ccc(COC(=O)Nc2ncc3c(n2)-c2ccccc2C(c2ccc(Cl)c(Cl)c2)C3)cc1. The van der Waals surface area contributed by atoms with Crippen molar-refractivity contribution in [1.82, 2.24) is 9.97 Å². The summed E-state index contributed by atoms with van der Waals surface area (Å²) in [5.74, 6) is 0.304. The summed E-state index contributed by atoms with van der Waals surface area (Å²) in [6.07, 6.45) is 2.85. The van der Waals surface area contributed by atoms with Gasteiger partial charge in [0.25, 0.3) is 0 Å². The number of anilines is 1. The molecule has 0 spiro atoms. The molecule has 1 aliphatic carbocycles. The van der Waals surface area contributed by atoms with E-state index in [1.54, 1.807) is 6.20 Å². The number of ether oxygens (including phenoxy) is 1. The summed E-state index contributed by atoms with van der Waals surface area (Å²) in [7, 11) is 0. The third kappa shape index (κ3) is 5.02. The fourth-order valence-corrected chi connectivity index (χ4v) is 4.68. The van der Waals surface area contributed by atoms with E-state index in [9.17, 15) is 4.79 Å². The quantitative estimate of drug-likeness (QED) is 0.307. The van der Waals surface area contributed by atoms with Gasteiger partial charge in [0.2, 0.25) is 5.95 Å². The van der Waals surface area contributed by atoms with Crippen LogP contribution < -0.4 is 5.32 Å². The molecule has 176 valence electrons. The minimum atomic E-state index is -0.595. The first-order valence-corrected chi connectivity index (χ1v) is 12.2. The molecular weight excluding hydrogens is 481 g/mol. The maximum atomic E-state index is 12.4. The van der Waals surface area contributed by atoms with Crippen molar-refractivity contribution < 1.29 is 9.53 Å². The van der Waals surface area contributed by atoms with Crippen molar-refractivity contribution in [3.8, 4) is 11.3 Å². The molecule has 0 bridgehead atoms. The van der Waals surface area contributed by atoms with Crippen molar-refractivity contribution in [2.45, 2.75) is 32.3 Å². The number of fused-ring (bicyclic) bond motifs is 3. The molecule has 7 heteroatoms. The summed E-state index contributed by atoms with van der Waals surface area (Å²) in [5.41, 5.74) is 7.18. The Balaban J connectivity index is 1.35. The lowest BCUT2D eigenvalue weighted by atomic mass is 9.78. The van der Waals surface area contributed by atoms with E-state index in [-0.39, 0.29) is 18.5 Å². The number of aryl methyl sites for hydroxylation is 1. The van der Waals surface area contributed by atoms with Gasteiger partial charge in [0.05, 0.1) is 15.7 Å². The standard InChI is InChI=1S/C28H23Cl2N3O2/c1-2-17-7-9-18(10-8-17)16-35-28(34)33-27-31-15-20-13-23(19-11-12-24(29)25(30)14-19)21-5-3-4-6-22(21)26(20)32-27/h3-12,14-15,23H,2,13,16H2,1H3,(H,31,32,33,34). The molecule has 5 nitrogen and oxygen atoms in total. The number of halogens is 2. The van der Waals surface area contributed by atoms with E-state index in [0.29, 0.717) is 16.5 Å². The van der Waals surface area contributed by atoms with Crippen molar-refractivity contribution in [2.75, 3.05) is 5.32 Å². The van der Waals surface area contributed by atoms with Crippen LogP contribution in [-0.4, -0.2) is 16.1 Å². The summed E-state index contributed by atoms with van der Waals surface area (Å²) in [6.45, 7) is 2.28. The van der Waals surface area contributed by atoms with E-state index < -0.39 is 6.09 Å². The van der Waals surface area contributed by atoms with Gasteiger partial charge in [-0.25, -0.2) is 14.8 Å². The van der Waals surface area contributed by atoms with Gasteiger partial charge in [0.15, 0.2) is 0 Å². The van der Waals surface area contributed by atoms with E-state index in [1.165, 1.54) is 5.56 Å². The van der Waals surface area contributed by atoms with Crippen LogP contribution in [0.2, 0.25) is 10.0 Å². The zero-order valence-corrected chi connectivity index (χ0v) is 20.6. The number of hydrogen-bond acceptors (Lipinski definition) is 4. The third-order valence-corrected chi connectivity index (χ3v) is 6.98. The Morgan fingerprint density at radius 3 is 2.57 bits per heavy atom. The van der Waals surface area contributed by atoms with Gasteiger partial charge < -0.3 is 4.74 Å². The lowest BCUT2D eigenvalue weighted by Crippen LogP contribution is -2.18. The number of rotatable bonds is 5. The predicted octanol–water partition coefficient (Wildman–Crippen LogP) is 7.45. The van der Waals surface area contributed by atoms with Gasteiger partial charge in [-0.1, -0.05) is 84.7 Å². The first-order chi connectivity index (χ1) is 17.0. The first kappa shape index (κ1) is 23.3. The fraction of sp³-hybridized carbons (Fsp3) is 0.179. The van der Waals surface area contributed by atoms with E-state index >= 15 is 0 Å². The Morgan fingerprint density at radius 1 is 1.03 bits per heavy atom. The van der Waals surface area contributed by atoms with Gasteiger partial charge in [-0.05, 0) is 52.8 Å². The molecule has 0 fully saturated rings. The maximum absolute atomic E-state index is 12.4. The molecule has 1 amide bonds. The normalized spacial score (nSPS) is 14.1. The second-order valence-electron chi connectivity index (χ2n) is 8.46. The maximum Gasteiger partial charge on any atom is 0.414 e. The van der Waals surface area contributed by atoms with Crippen LogP contribution >= 0.6 is 23.2 Å². The van der Waals surface area contributed by atoms with E-state index in [0.717, 1.165) is 39.9 Å². The molecule has 1 unspecified atom stereocenters. The number of aromatic nitrogens is 2. The molecule has 5 rings (SSSR count). The number of amides is 1. The highest BCUT2D eigenvalue weighted by Crippen LogP contribution is 2.42. The molecule has 0 radical (unpaired) electrons. The average molecular weight is 504 g/mol. The summed E-state index contributed by atoms with van der Waals surface area (Å²) in [4.78, 5) is 21.4. The Hall–Kier alpha value is -3.41. The van der Waals surface area contributed by atoms with Crippen LogP contribution in [0.4, 0.5) is 10.7 Å². The van der Waals surface area contributed by atoms with Crippen LogP contribution in [0.15, 0.2) is 72.9 Å². The minimum Gasteiger partial charge on any atom is -0.444 e. The molecule has 1 N–H and O–H groups in total. The molecule has 0 aliphatic heterocycles. The van der Waals surface area contributed by atoms with Crippen LogP contribution in [-0.2, 0) is 24.2 Å². The van der Waals surface area contributed by atoms with E-state index in [2.05, 4.69) is 28.3 Å². The molecular formula is C28H23Cl2N3O2. The summed E-state index contributed by atoms with van der Waals surface area (Å²) in [5, 5.41) is 3.72. The van der Waals surface area contributed by atoms with E-state index in [1.807, 2.05) is 60.7 Å². The average Bonchev–Trinajstić information content (AvgIpc) is 2.89. The van der Waals surface area contributed by atoms with Crippen molar-refractivity contribution in [1.29, 1.82) is 0 Å². The lowest BCUT2D eigenvalue weighted by molar-refractivity contribution is 0.155. The van der Waals surface area contributed by atoms with Gasteiger partial charge in [-0.2, -0.15) is 0 Å². The number of hydrogen-bond donors (Lipinski definition) is 1. The third-order valence-electron chi connectivity index (χ3n) is 6.24. The van der Waals surface area contributed by atoms with Crippen molar-refractivity contribution in [2.24, 2.45) is 0 Å². The highest BCUT2D eigenvalue weighted by atomic mass is 35.5. The second kappa shape index (κ2) is 10.1. The second-order valence-corrected chi connectivity index (χ2v) is 9.27. The van der Waals surface area contributed by atoms with Crippen molar-refractivity contribution in [3.63, 3.8) is 0 Å². The molecule has 3 aromatic carbocycles. The highest BCUT2D eigenvalue weighted by Gasteiger charge is 2.28. The fourth-order valence-electron chi connectivity index (χ4n) is 4.37. The molecule has 4 aromatic rings. The Morgan fingerprint density at radius 2 is 1.80 bits per heavy atom. The smallest absolute Gasteiger partial charge is 0.414 e. The molecule has 1 heterocycles. The highest BCUT2D eigenvalue weighted by molar-refractivity contribution is 6.42. The predicted molar refractivity (Wildman–Crippen MR) is 139 cm³/mol. The molecule has 1 aromatic heterocycles. The monoisotopic (exact) mass is 503 g/mol. The number of carbonyl (C=O) groups excluding carboxylic acids is 1. The van der Waals surface area contributed by atoms with Crippen LogP contribution in [0, 0.1) is 0 Å². The Kier molecular flexibility index (Phi) is 6.71.